The van der Waals surface area contributed by atoms with Gasteiger partial charge in [-0.1, -0.05) is 12.1 Å². The van der Waals surface area contributed by atoms with Crippen LogP contribution in [0.1, 0.15) is 15.9 Å². The lowest BCUT2D eigenvalue weighted by Crippen LogP contribution is -2.32. The van der Waals surface area contributed by atoms with E-state index in [0.717, 1.165) is 37.0 Å². The highest BCUT2D eigenvalue weighted by Gasteiger charge is 2.21. The molecule has 0 aliphatic carbocycles. The summed E-state index contributed by atoms with van der Waals surface area (Å²) in [5.41, 5.74) is 5.86. The van der Waals surface area contributed by atoms with Crippen molar-refractivity contribution in [3.63, 3.8) is 0 Å². The molecule has 5 nitrogen and oxygen atoms in total. The van der Waals surface area contributed by atoms with Crippen LogP contribution in [0.4, 0.5) is 0 Å². The van der Waals surface area contributed by atoms with Crippen molar-refractivity contribution < 1.29 is 9.53 Å². The molecule has 5 rings (SSSR count). The zero-order valence-electron chi connectivity index (χ0n) is 15.6. The van der Waals surface area contributed by atoms with Gasteiger partial charge < -0.3 is 14.6 Å². The number of nitrogens with zero attached hydrogens (tertiary/aromatic N) is 2. The summed E-state index contributed by atoms with van der Waals surface area (Å²) < 4.78 is 7.03. The number of aromatic nitrogens is 2. The highest BCUT2D eigenvalue weighted by atomic mass is 127. The number of carbonyl (C=O) groups excluding carboxylic acids is 1. The number of rotatable bonds is 2. The number of imidazole rings is 1. The summed E-state index contributed by atoms with van der Waals surface area (Å²) in [5, 5.41) is 0. The summed E-state index contributed by atoms with van der Waals surface area (Å²) >= 11 is 2.24. The van der Waals surface area contributed by atoms with E-state index in [0.29, 0.717) is 25.3 Å². The van der Waals surface area contributed by atoms with E-state index in [1.165, 1.54) is 0 Å². The number of H-pyrrole nitrogens is 1. The number of aromatic amines is 1. The average Bonchev–Trinajstić information content (AvgIpc) is 3.11. The molecule has 1 aromatic heterocycles. The quantitative estimate of drug-likeness (QED) is 0.404. The van der Waals surface area contributed by atoms with Crippen molar-refractivity contribution in [3.8, 4) is 16.9 Å². The van der Waals surface area contributed by atoms with Gasteiger partial charge in [0.15, 0.2) is 0 Å². The number of hydrogen-bond donors (Lipinski definition) is 1. The molecule has 0 bridgehead atoms. The number of fused-ring (bicyclic) bond motifs is 2. The Labute approximate surface area is 181 Å². The standard InChI is InChI=1S/C23H18IN3O2/c24-19-5-1-15(2-6-19)23(28)27-9-10-29-22-8-4-16(11-18(22)13-27)17-3-7-20-21(12-17)26-14-25-20/h1-8,11-12,14H,9-10,13H2,(H,25,26). The maximum atomic E-state index is 13.0. The molecule has 0 saturated carbocycles. The van der Waals surface area contributed by atoms with Crippen molar-refractivity contribution in [2.75, 3.05) is 13.2 Å². The Balaban J connectivity index is 1.46. The lowest BCUT2D eigenvalue weighted by atomic mass is 10.0. The Kier molecular flexibility index (Phi) is 4.71. The number of halogens is 1. The third-order valence-corrected chi connectivity index (χ3v) is 5.89. The summed E-state index contributed by atoms with van der Waals surface area (Å²) in [6.45, 7) is 1.58. The van der Waals surface area contributed by atoms with Crippen LogP contribution in [-0.4, -0.2) is 33.9 Å². The normalized spacial score (nSPS) is 13.6. The monoisotopic (exact) mass is 495 g/mol. The molecule has 4 aromatic rings. The molecule has 6 heteroatoms. The molecule has 0 spiro atoms. The van der Waals surface area contributed by atoms with Crippen molar-refractivity contribution in [2.24, 2.45) is 0 Å². The fraction of sp³-hybridized carbons (Fsp3) is 0.130. The molecule has 0 fully saturated rings. The average molecular weight is 495 g/mol. The van der Waals surface area contributed by atoms with Gasteiger partial charge in [-0.05, 0) is 82.2 Å². The van der Waals surface area contributed by atoms with Crippen molar-refractivity contribution in [1.82, 2.24) is 14.9 Å². The molecule has 1 aliphatic rings. The highest BCUT2D eigenvalue weighted by molar-refractivity contribution is 14.1. The fourth-order valence-corrected chi connectivity index (χ4v) is 4.00. The van der Waals surface area contributed by atoms with Gasteiger partial charge in [0, 0.05) is 21.2 Å². The SMILES string of the molecule is O=C(c1ccc(I)cc1)N1CCOc2ccc(-c3ccc4nc[nH]c4c3)cc2C1. The third-order valence-electron chi connectivity index (χ3n) is 5.17. The number of ether oxygens (including phenoxy) is 1. The van der Waals surface area contributed by atoms with Crippen molar-refractivity contribution >= 4 is 39.5 Å². The zero-order valence-corrected chi connectivity index (χ0v) is 17.7. The van der Waals surface area contributed by atoms with Gasteiger partial charge in [0.1, 0.15) is 12.4 Å². The summed E-state index contributed by atoms with van der Waals surface area (Å²) in [7, 11) is 0. The van der Waals surface area contributed by atoms with Gasteiger partial charge in [-0.2, -0.15) is 0 Å². The Bertz CT molecular complexity index is 1200. The Morgan fingerprint density at radius 1 is 1.03 bits per heavy atom. The molecule has 0 saturated heterocycles. The van der Waals surface area contributed by atoms with E-state index in [-0.39, 0.29) is 5.91 Å². The second-order valence-electron chi connectivity index (χ2n) is 7.04. The van der Waals surface area contributed by atoms with Crippen molar-refractivity contribution in [3.05, 3.63) is 81.7 Å². The first-order valence-corrected chi connectivity index (χ1v) is 10.5. The van der Waals surface area contributed by atoms with Crippen LogP contribution in [0.2, 0.25) is 0 Å². The van der Waals surface area contributed by atoms with E-state index in [9.17, 15) is 4.79 Å². The van der Waals surface area contributed by atoms with Crippen LogP contribution in [0.5, 0.6) is 5.75 Å². The Morgan fingerprint density at radius 3 is 2.69 bits per heavy atom. The lowest BCUT2D eigenvalue weighted by molar-refractivity contribution is 0.0733. The second-order valence-corrected chi connectivity index (χ2v) is 8.28. The van der Waals surface area contributed by atoms with Crippen LogP contribution in [-0.2, 0) is 6.54 Å². The van der Waals surface area contributed by atoms with Gasteiger partial charge in [0.25, 0.3) is 5.91 Å². The van der Waals surface area contributed by atoms with Gasteiger partial charge >= 0.3 is 0 Å². The second kappa shape index (κ2) is 7.51. The minimum absolute atomic E-state index is 0.0298. The molecule has 29 heavy (non-hydrogen) atoms. The first-order valence-electron chi connectivity index (χ1n) is 9.41. The first kappa shape index (κ1) is 18.2. The van der Waals surface area contributed by atoms with Crippen LogP contribution in [0, 0.1) is 3.57 Å². The van der Waals surface area contributed by atoms with E-state index < -0.39 is 0 Å². The Morgan fingerprint density at radius 2 is 1.83 bits per heavy atom. The van der Waals surface area contributed by atoms with E-state index in [4.69, 9.17) is 4.74 Å². The number of amides is 1. The number of carbonyl (C=O) groups is 1. The van der Waals surface area contributed by atoms with Crippen LogP contribution >= 0.6 is 22.6 Å². The van der Waals surface area contributed by atoms with E-state index in [1.807, 2.05) is 41.3 Å². The van der Waals surface area contributed by atoms with Crippen LogP contribution in [0.25, 0.3) is 22.2 Å². The summed E-state index contributed by atoms with van der Waals surface area (Å²) in [5.74, 6) is 0.872. The minimum Gasteiger partial charge on any atom is -0.491 e. The van der Waals surface area contributed by atoms with Gasteiger partial charge in [0.05, 0.1) is 23.9 Å². The molecule has 1 N–H and O–H groups in total. The van der Waals surface area contributed by atoms with Crippen molar-refractivity contribution in [1.29, 1.82) is 0 Å². The third kappa shape index (κ3) is 3.60. The smallest absolute Gasteiger partial charge is 0.254 e. The van der Waals surface area contributed by atoms with Gasteiger partial charge in [-0.3, -0.25) is 4.79 Å². The van der Waals surface area contributed by atoms with E-state index in [1.54, 1.807) is 6.33 Å². The lowest BCUT2D eigenvalue weighted by Gasteiger charge is -2.20. The van der Waals surface area contributed by atoms with Crippen LogP contribution < -0.4 is 4.74 Å². The molecule has 0 atom stereocenters. The maximum absolute atomic E-state index is 13.0. The van der Waals surface area contributed by atoms with Crippen molar-refractivity contribution in [2.45, 2.75) is 6.54 Å². The molecule has 1 aliphatic heterocycles. The largest absolute Gasteiger partial charge is 0.491 e. The van der Waals surface area contributed by atoms with Crippen LogP contribution in [0.15, 0.2) is 67.0 Å². The number of nitrogens with one attached hydrogen (secondary N) is 1. The van der Waals surface area contributed by atoms with Gasteiger partial charge in [0.2, 0.25) is 0 Å². The molecule has 3 aromatic carbocycles. The molecule has 2 heterocycles. The molecule has 0 radical (unpaired) electrons. The molecular formula is C23H18IN3O2. The summed E-state index contributed by atoms with van der Waals surface area (Å²) in [6.07, 6.45) is 1.70. The summed E-state index contributed by atoms with van der Waals surface area (Å²) in [6, 6.07) is 20.0. The Hall–Kier alpha value is -2.87. The molecule has 1 amide bonds. The van der Waals surface area contributed by atoms with Gasteiger partial charge in [-0.25, -0.2) is 4.98 Å². The molecule has 144 valence electrons. The summed E-state index contributed by atoms with van der Waals surface area (Å²) in [4.78, 5) is 22.3. The van der Waals surface area contributed by atoms with E-state index in [2.05, 4.69) is 56.8 Å². The first-order chi connectivity index (χ1) is 14.2. The topological polar surface area (TPSA) is 58.2 Å². The van der Waals surface area contributed by atoms with E-state index >= 15 is 0 Å². The van der Waals surface area contributed by atoms with Crippen LogP contribution in [0.3, 0.4) is 0 Å². The highest BCUT2D eigenvalue weighted by Crippen LogP contribution is 2.31. The fourth-order valence-electron chi connectivity index (χ4n) is 3.64. The maximum Gasteiger partial charge on any atom is 0.254 e. The zero-order chi connectivity index (χ0) is 19.8. The number of benzene rings is 3. The van der Waals surface area contributed by atoms with Gasteiger partial charge in [-0.15, -0.1) is 0 Å². The predicted octanol–water partition coefficient (Wildman–Crippen LogP) is 4.87. The number of hydrogen-bond acceptors (Lipinski definition) is 3. The predicted molar refractivity (Wildman–Crippen MR) is 121 cm³/mol. The molecule has 0 unspecified atom stereocenters. The molecular weight excluding hydrogens is 477 g/mol. The minimum atomic E-state index is 0.0298.